The van der Waals surface area contributed by atoms with Crippen LogP contribution in [0.1, 0.15) is 28.8 Å². The number of nitrogens with one attached hydrogen (secondary N) is 2. The number of pyridine rings is 2. The fourth-order valence-corrected chi connectivity index (χ4v) is 4.93. The van der Waals surface area contributed by atoms with E-state index in [1.54, 1.807) is 12.3 Å². The van der Waals surface area contributed by atoms with Gasteiger partial charge in [0.1, 0.15) is 11.6 Å². The van der Waals surface area contributed by atoms with Crippen LogP contribution in [0.15, 0.2) is 42.7 Å². The third kappa shape index (κ3) is 5.52. The van der Waals surface area contributed by atoms with Crippen molar-refractivity contribution in [2.75, 3.05) is 30.4 Å². The molecule has 9 nitrogen and oxygen atoms in total. The summed E-state index contributed by atoms with van der Waals surface area (Å²) in [5.41, 5.74) is 7.16. The maximum absolute atomic E-state index is 12.6. The molecule has 0 saturated carbocycles. The number of fused-ring (bicyclic) bond motifs is 1. The highest BCUT2D eigenvalue weighted by molar-refractivity contribution is 7.88. The summed E-state index contributed by atoms with van der Waals surface area (Å²) in [5.74, 6) is 0.664. The number of aromatic nitrogens is 2. The standard InChI is InChI=1S/C22H25ClN6O3S/c1-33(31,32)29-8-5-17(6-9-29)28-21-19(23)11-16(13-26-21)22(30)27-12-14-2-3-18-15(10-14)4-7-25-20(18)24/h2-4,7,10-11,13,17H,5-6,8-9,12H2,1H3,(H2,24,25)(H,26,28)(H,27,30). The van der Waals surface area contributed by atoms with Crippen molar-refractivity contribution in [1.29, 1.82) is 0 Å². The molecule has 0 atom stereocenters. The monoisotopic (exact) mass is 488 g/mol. The van der Waals surface area contributed by atoms with Gasteiger partial charge in [-0.05, 0) is 42.0 Å². The van der Waals surface area contributed by atoms with Crippen molar-refractivity contribution < 1.29 is 13.2 Å². The summed E-state index contributed by atoms with van der Waals surface area (Å²) in [7, 11) is -3.17. The molecule has 1 amide bonds. The van der Waals surface area contributed by atoms with E-state index < -0.39 is 10.0 Å². The molecule has 0 radical (unpaired) electrons. The van der Waals surface area contributed by atoms with E-state index in [-0.39, 0.29) is 11.9 Å². The number of hydrogen-bond donors (Lipinski definition) is 3. The summed E-state index contributed by atoms with van der Waals surface area (Å²) in [6.07, 6.45) is 5.65. The smallest absolute Gasteiger partial charge is 0.253 e. The van der Waals surface area contributed by atoms with Gasteiger partial charge in [0, 0.05) is 43.5 Å². The summed E-state index contributed by atoms with van der Waals surface area (Å²) in [6.45, 7) is 1.24. The Hall–Kier alpha value is -2.95. The Bertz CT molecular complexity index is 1290. The number of hydrogen-bond acceptors (Lipinski definition) is 7. The minimum atomic E-state index is -3.17. The normalized spacial score (nSPS) is 15.5. The van der Waals surface area contributed by atoms with Crippen molar-refractivity contribution in [3.63, 3.8) is 0 Å². The average molecular weight is 489 g/mol. The molecular formula is C22H25ClN6O3S. The first-order valence-electron chi connectivity index (χ1n) is 10.5. The van der Waals surface area contributed by atoms with Crippen LogP contribution in [0.2, 0.25) is 5.02 Å². The second-order valence-corrected chi connectivity index (χ2v) is 10.5. The van der Waals surface area contributed by atoms with Crippen molar-refractivity contribution in [2.45, 2.75) is 25.4 Å². The summed E-state index contributed by atoms with van der Waals surface area (Å²) in [4.78, 5) is 21.0. The highest BCUT2D eigenvalue weighted by atomic mass is 35.5. The van der Waals surface area contributed by atoms with Crippen molar-refractivity contribution in [3.8, 4) is 0 Å². The van der Waals surface area contributed by atoms with Crippen molar-refractivity contribution in [2.24, 2.45) is 0 Å². The number of nitrogen functional groups attached to an aromatic ring is 1. The molecule has 0 spiro atoms. The van der Waals surface area contributed by atoms with Crippen molar-refractivity contribution >= 4 is 49.9 Å². The van der Waals surface area contributed by atoms with Crippen molar-refractivity contribution in [1.82, 2.24) is 19.6 Å². The van der Waals surface area contributed by atoms with Gasteiger partial charge in [0.25, 0.3) is 5.91 Å². The zero-order valence-electron chi connectivity index (χ0n) is 18.1. The average Bonchev–Trinajstić information content (AvgIpc) is 2.78. The molecule has 0 bridgehead atoms. The summed E-state index contributed by atoms with van der Waals surface area (Å²) < 4.78 is 24.8. The number of halogens is 1. The molecule has 0 unspecified atom stereocenters. The largest absolute Gasteiger partial charge is 0.383 e. The van der Waals surface area contributed by atoms with Crippen LogP contribution in [0.5, 0.6) is 0 Å². The number of carbonyl (C=O) groups is 1. The number of rotatable bonds is 6. The lowest BCUT2D eigenvalue weighted by Gasteiger charge is -2.31. The lowest BCUT2D eigenvalue weighted by molar-refractivity contribution is 0.0950. The zero-order valence-corrected chi connectivity index (χ0v) is 19.7. The van der Waals surface area contributed by atoms with Crippen LogP contribution in [0.4, 0.5) is 11.6 Å². The SMILES string of the molecule is CS(=O)(=O)N1CCC(Nc2ncc(C(=O)NCc3ccc4c(N)nccc4c3)cc2Cl)CC1. The lowest BCUT2D eigenvalue weighted by atomic mass is 10.1. The summed E-state index contributed by atoms with van der Waals surface area (Å²) >= 11 is 6.36. The summed E-state index contributed by atoms with van der Waals surface area (Å²) in [5, 5.41) is 8.29. The van der Waals surface area contributed by atoms with Gasteiger partial charge in [-0.3, -0.25) is 4.79 Å². The molecule has 2 aromatic heterocycles. The van der Waals surface area contributed by atoms with E-state index in [9.17, 15) is 13.2 Å². The number of piperidine rings is 1. The molecule has 174 valence electrons. The van der Waals surface area contributed by atoms with Gasteiger partial charge >= 0.3 is 0 Å². The van der Waals surface area contributed by atoms with E-state index >= 15 is 0 Å². The predicted octanol–water partition coefficient (Wildman–Crippen LogP) is 2.63. The van der Waals surface area contributed by atoms with Gasteiger partial charge in [-0.1, -0.05) is 23.7 Å². The molecular weight excluding hydrogens is 464 g/mol. The number of anilines is 2. The number of nitrogens with zero attached hydrogens (tertiary/aromatic N) is 3. The summed E-state index contributed by atoms with van der Waals surface area (Å²) in [6, 6.07) is 9.25. The maximum Gasteiger partial charge on any atom is 0.253 e. The van der Waals surface area contributed by atoms with Crippen LogP contribution in [-0.2, 0) is 16.6 Å². The Labute approximate surface area is 197 Å². The third-order valence-electron chi connectivity index (χ3n) is 5.68. The molecule has 11 heteroatoms. The molecule has 0 aliphatic carbocycles. The van der Waals surface area contributed by atoms with Gasteiger partial charge in [-0.2, -0.15) is 0 Å². The first-order chi connectivity index (χ1) is 15.7. The fourth-order valence-electron chi connectivity index (χ4n) is 3.84. The molecule has 1 saturated heterocycles. The molecule has 1 aliphatic heterocycles. The molecule has 3 aromatic rings. The Morgan fingerprint density at radius 3 is 2.67 bits per heavy atom. The number of carbonyl (C=O) groups excluding carboxylic acids is 1. The van der Waals surface area contributed by atoms with E-state index in [1.165, 1.54) is 16.8 Å². The van der Waals surface area contributed by atoms with Crippen LogP contribution in [-0.4, -0.2) is 54.0 Å². The topological polar surface area (TPSA) is 130 Å². The molecule has 4 N–H and O–H groups in total. The number of amides is 1. The number of nitrogens with two attached hydrogens (primary N) is 1. The Kier molecular flexibility index (Phi) is 6.68. The van der Waals surface area contributed by atoms with Crippen LogP contribution in [0.25, 0.3) is 10.8 Å². The second kappa shape index (κ2) is 9.50. The van der Waals surface area contributed by atoms with E-state index in [2.05, 4.69) is 20.6 Å². The highest BCUT2D eigenvalue weighted by Gasteiger charge is 2.25. The quantitative estimate of drug-likeness (QED) is 0.486. The minimum Gasteiger partial charge on any atom is -0.383 e. The Morgan fingerprint density at radius 1 is 1.21 bits per heavy atom. The minimum absolute atomic E-state index is 0.0600. The number of sulfonamides is 1. The maximum atomic E-state index is 12.6. The van der Waals surface area contributed by atoms with Crippen LogP contribution in [0.3, 0.4) is 0 Å². The van der Waals surface area contributed by atoms with Gasteiger partial charge in [0.05, 0.1) is 16.8 Å². The van der Waals surface area contributed by atoms with E-state index in [0.717, 1.165) is 16.3 Å². The zero-order chi connectivity index (χ0) is 23.6. The van der Waals surface area contributed by atoms with Crippen LogP contribution in [0, 0.1) is 0 Å². The van der Waals surface area contributed by atoms with Gasteiger partial charge in [-0.25, -0.2) is 22.7 Å². The molecule has 1 aliphatic rings. The highest BCUT2D eigenvalue weighted by Crippen LogP contribution is 2.24. The van der Waals surface area contributed by atoms with E-state index in [4.69, 9.17) is 17.3 Å². The second-order valence-electron chi connectivity index (χ2n) is 8.07. The van der Waals surface area contributed by atoms with Crippen LogP contribution < -0.4 is 16.4 Å². The first-order valence-corrected chi connectivity index (χ1v) is 12.7. The fraction of sp³-hybridized carbons (Fsp3) is 0.318. The van der Waals surface area contributed by atoms with E-state index in [0.29, 0.717) is 54.7 Å². The van der Waals surface area contributed by atoms with Gasteiger partial charge < -0.3 is 16.4 Å². The van der Waals surface area contributed by atoms with Crippen LogP contribution >= 0.6 is 11.6 Å². The van der Waals surface area contributed by atoms with E-state index in [1.807, 2.05) is 24.3 Å². The lowest BCUT2D eigenvalue weighted by Crippen LogP contribution is -2.42. The molecule has 1 fully saturated rings. The molecule has 1 aromatic carbocycles. The third-order valence-corrected chi connectivity index (χ3v) is 7.27. The van der Waals surface area contributed by atoms with Gasteiger partial charge in [-0.15, -0.1) is 0 Å². The predicted molar refractivity (Wildman–Crippen MR) is 130 cm³/mol. The number of benzene rings is 1. The molecule has 4 rings (SSSR count). The van der Waals surface area contributed by atoms with Gasteiger partial charge in [0.2, 0.25) is 10.0 Å². The molecule has 33 heavy (non-hydrogen) atoms. The van der Waals surface area contributed by atoms with Crippen molar-refractivity contribution in [3.05, 3.63) is 58.9 Å². The molecule has 3 heterocycles. The first kappa shape index (κ1) is 23.2. The Balaban J connectivity index is 1.35. The Morgan fingerprint density at radius 2 is 1.97 bits per heavy atom. The van der Waals surface area contributed by atoms with Gasteiger partial charge in [0.15, 0.2) is 0 Å².